The second-order valence-electron chi connectivity index (χ2n) is 4.94. The van der Waals surface area contributed by atoms with Crippen LogP contribution in [-0.4, -0.2) is 29.2 Å². The summed E-state index contributed by atoms with van der Waals surface area (Å²) >= 11 is 3.36. The lowest BCUT2D eigenvalue weighted by atomic mass is 10.1. The quantitative estimate of drug-likeness (QED) is 0.375. The molecule has 2 nitrogen and oxygen atoms in total. The molecule has 0 N–H and O–H groups in total. The number of carbonyl (C=O) groups excluding carboxylic acids is 1. The number of rotatable bonds is 12. The maximum Gasteiger partial charge on any atom is 0.223 e. The molecule has 0 aromatic carbocycles. The number of unbranched alkanes of at least 4 members (excludes halogenated alkanes) is 6. The summed E-state index contributed by atoms with van der Waals surface area (Å²) in [6.45, 7) is 6.35. The van der Waals surface area contributed by atoms with Crippen molar-refractivity contribution in [1.82, 2.24) is 4.90 Å². The molecule has 0 aliphatic rings. The molecule has 0 aromatic rings. The van der Waals surface area contributed by atoms with E-state index in [1.165, 1.54) is 38.5 Å². The zero-order chi connectivity index (χ0) is 13.6. The molecule has 18 heavy (non-hydrogen) atoms. The zero-order valence-electron chi connectivity index (χ0n) is 12.2. The van der Waals surface area contributed by atoms with E-state index < -0.39 is 0 Å². The average molecular weight is 320 g/mol. The van der Waals surface area contributed by atoms with Gasteiger partial charge in [0.2, 0.25) is 5.91 Å². The maximum absolute atomic E-state index is 12.0. The van der Waals surface area contributed by atoms with Gasteiger partial charge in [-0.05, 0) is 12.8 Å². The summed E-state index contributed by atoms with van der Waals surface area (Å²) in [5, 5.41) is 0.784. The van der Waals surface area contributed by atoms with Gasteiger partial charge < -0.3 is 4.90 Å². The first-order valence-electron chi connectivity index (χ1n) is 7.60. The summed E-state index contributed by atoms with van der Waals surface area (Å²) in [5.74, 6) is 0.319. The predicted octanol–water partition coefficient (Wildman–Crippen LogP) is 4.76. The van der Waals surface area contributed by atoms with Crippen molar-refractivity contribution in [1.29, 1.82) is 0 Å². The number of hydrogen-bond acceptors (Lipinski definition) is 1. The molecule has 0 fully saturated rings. The Hall–Kier alpha value is -0.0500. The molecule has 0 spiro atoms. The third kappa shape index (κ3) is 9.93. The van der Waals surface area contributed by atoms with E-state index in [-0.39, 0.29) is 0 Å². The van der Waals surface area contributed by atoms with Crippen LogP contribution in [0.1, 0.15) is 71.6 Å². The molecule has 0 saturated carbocycles. The first-order chi connectivity index (χ1) is 8.76. The van der Waals surface area contributed by atoms with E-state index in [1.807, 2.05) is 0 Å². The molecule has 0 bridgehead atoms. The number of alkyl halides is 1. The van der Waals surface area contributed by atoms with Crippen LogP contribution in [0.2, 0.25) is 0 Å². The van der Waals surface area contributed by atoms with Crippen molar-refractivity contribution < 1.29 is 4.79 Å². The molecular formula is C15H30BrNO. The number of carbonyl (C=O) groups is 1. The lowest BCUT2D eigenvalue weighted by Gasteiger charge is -2.22. The number of halogens is 1. The highest BCUT2D eigenvalue weighted by atomic mass is 79.9. The van der Waals surface area contributed by atoms with Crippen LogP contribution < -0.4 is 0 Å². The predicted molar refractivity (Wildman–Crippen MR) is 83.3 cm³/mol. The Bertz CT molecular complexity index is 185. The molecule has 108 valence electrons. The fourth-order valence-electron chi connectivity index (χ4n) is 2.06. The van der Waals surface area contributed by atoms with Gasteiger partial charge in [0, 0.05) is 24.8 Å². The number of nitrogens with zero attached hydrogens (tertiary/aromatic N) is 1. The van der Waals surface area contributed by atoms with Crippen molar-refractivity contribution >= 4 is 21.8 Å². The normalized spacial score (nSPS) is 10.6. The molecule has 0 aromatic heterocycles. The van der Waals surface area contributed by atoms with Gasteiger partial charge in [0.25, 0.3) is 0 Å². The number of hydrogen-bond donors (Lipinski definition) is 0. The zero-order valence-corrected chi connectivity index (χ0v) is 13.8. The van der Waals surface area contributed by atoms with Gasteiger partial charge in [-0.2, -0.15) is 0 Å². The Kier molecular flexibility index (Phi) is 13.3. The van der Waals surface area contributed by atoms with Gasteiger partial charge in [0.1, 0.15) is 0 Å². The van der Waals surface area contributed by atoms with Crippen molar-refractivity contribution in [2.45, 2.75) is 71.6 Å². The van der Waals surface area contributed by atoms with E-state index in [4.69, 9.17) is 0 Å². The van der Waals surface area contributed by atoms with Gasteiger partial charge in [-0.3, -0.25) is 4.79 Å². The summed E-state index contributed by atoms with van der Waals surface area (Å²) in [6.07, 6.45) is 10.6. The molecule has 3 heteroatoms. The standard InChI is InChI=1S/C15H30BrNO/c1-3-5-7-9-13-17(15(18)11-12-16)14-10-8-6-4-2/h3-14H2,1-2H3. The third-order valence-corrected chi connectivity index (χ3v) is 3.62. The van der Waals surface area contributed by atoms with Gasteiger partial charge in [-0.15, -0.1) is 0 Å². The van der Waals surface area contributed by atoms with Gasteiger partial charge >= 0.3 is 0 Å². The van der Waals surface area contributed by atoms with E-state index in [9.17, 15) is 4.79 Å². The first-order valence-corrected chi connectivity index (χ1v) is 8.72. The van der Waals surface area contributed by atoms with E-state index in [0.29, 0.717) is 12.3 Å². The van der Waals surface area contributed by atoms with Crippen LogP contribution in [0.15, 0.2) is 0 Å². The molecule has 0 aliphatic heterocycles. The van der Waals surface area contributed by atoms with Crippen molar-refractivity contribution in [3.8, 4) is 0 Å². The molecule has 0 unspecified atom stereocenters. The SMILES string of the molecule is CCCCCCN(CCCCCC)C(=O)CCBr. The van der Waals surface area contributed by atoms with E-state index in [1.54, 1.807) is 0 Å². The molecule has 0 rings (SSSR count). The molecule has 0 radical (unpaired) electrons. The van der Waals surface area contributed by atoms with E-state index in [2.05, 4.69) is 34.7 Å². The van der Waals surface area contributed by atoms with Crippen LogP contribution in [0, 0.1) is 0 Å². The summed E-state index contributed by atoms with van der Waals surface area (Å²) in [7, 11) is 0. The minimum absolute atomic E-state index is 0.319. The minimum Gasteiger partial charge on any atom is -0.343 e. The lowest BCUT2D eigenvalue weighted by Crippen LogP contribution is -2.33. The average Bonchev–Trinajstić information content (AvgIpc) is 2.37. The summed E-state index contributed by atoms with van der Waals surface area (Å²) < 4.78 is 0. The topological polar surface area (TPSA) is 20.3 Å². The molecule has 0 atom stereocenters. The molecule has 1 amide bonds. The second-order valence-corrected chi connectivity index (χ2v) is 5.73. The minimum atomic E-state index is 0.319. The van der Waals surface area contributed by atoms with Gasteiger partial charge in [0.05, 0.1) is 0 Å². The summed E-state index contributed by atoms with van der Waals surface area (Å²) in [5.41, 5.74) is 0. The monoisotopic (exact) mass is 319 g/mol. The molecule has 0 heterocycles. The van der Waals surface area contributed by atoms with Crippen molar-refractivity contribution in [2.24, 2.45) is 0 Å². The Labute approximate surface area is 122 Å². The molecule has 0 aliphatic carbocycles. The van der Waals surface area contributed by atoms with E-state index >= 15 is 0 Å². The van der Waals surface area contributed by atoms with Crippen LogP contribution in [-0.2, 0) is 4.79 Å². The third-order valence-electron chi connectivity index (χ3n) is 3.22. The summed E-state index contributed by atoms with van der Waals surface area (Å²) in [4.78, 5) is 14.0. The highest BCUT2D eigenvalue weighted by molar-refractivity contribution is 9.09. The Morgan fingerprint density at radius 1 is 0.889 bits per heavy atom. The van der Waals surface area contributed by atoms with Gasteiger partial charge in [0.15, 0.2) is 0 Å². The number of amides is 1. The van der Waals surface area contributed by atoms with Gasteiger partial charge in [-0.25, -0.2) is 0 Å². The van der Waals surface area contributed by atoms with Crippen LogP contribution in [0.5, 0.6) is 0 Å². The van der Waals surface area contributed by atoms with Crippen LogP contribution >= 0.6 is 15.9 Å². The Balaban J connectivity index is 3.88. The van der Waals surface area contributed by atoms with Crippen molar-refractivity contribution in [3.05, 3.63) is 0 Å². The van der Waals surface area contributed by atoms with E-state index in [0.717, 1.165) is 31.3 Å². The largest absolute Gasteiger partial charge is 0.343 e. The highest BCUT2D eigenvalue weighted by Gasteiger charge is 2.11. The molecular weight excluding hydrogens is 290 g/mol. The maximum atomic E-state index is 12.0. The van der Waals surface area contributed by atoms with Crippen LogP contribution in [0.25, 0.3) is 0 Å². The fraction of sp³-hybridized carbons (Fsp3) is 0.933. The Morgan fingerprint density at radius 2 is 1.39 bits per heavy atom. The summed E-state index contributed by atoms with van der Waals surface area (Å²) in [6, 6.07) is 0. The van der Waals surface area contributed by atoms with Crippen molar-refractivity contribution in [3.63, 3.8) is 0 Å². The highest BCUT2D eigenvalue weighted by Crippen LogP contribution is 2.07. The van der Waals surface area contributed by atoms with Gasteiger partial charge in [-0.1, -0.05) is 68.3 Å². The first kappa shape index (κ1) is 17.9. The molecule has 0 saturated heterocycles. The lowest BCUT2D eigenvalue weighted by molar-refractivity contribution is -0.130. The second kappa shape index (κ2) is 13.4. The van der Waals surface area contributed by atoms with Crippen molar-refractivity contribution in [2.75, 3.05) is 18.4 Å². The Morgan fingerprint density at radius 3 is 1.78 bits per heavy atom. The van der Waals surface area contributed by atoms with Crippen LogP contribution in [0.4, 0.5) is 0 Å². The van der Waals surface area contributed by atoms with Crippen LogP contribution in [0.3, 0.4) is 0 Å². The smallest absolute Gasteiger partial charge is 0.223 e. The fourth-order valence-corrected chi connectivity index (χ4v) is 2.40.